The molecule has 0 unspecified atom stereocenters. The zero-order valence-electron chi connectivity index (χ0n) is 12.3. The number of rotatable bonds is 4. The summed E-state index contributed by atoms with van der Waals surface area (Å²) in [5, 5.41) is 3.73. The second-order valence-corrected chi connectivity index (χ2v) is 5.51. The second-order valence-electron chi connectivity index (χ2n) is 4.66. The zero-order chi connectivity index (χ0) is 16.5. The van der Waals surface area contributed by atoms with Crippen molar-refractivity contribution >= 4 is 29.3 Å². The Bertz CT molecular complexity index is 721. The van der Waals surface area contributed by atoms with Crippen LogP contribution in [0.15, 0.2) is 48.5 Å². The molecule has 0 aliphatic heterocycles. The summed E-state index contributed by atoms with van der Waals surface area (Å²) in [5.41, 5.74) is 1.66. The molecule has 0 spiro atoms. The number of ether oxygens (including phenoxy) is 1. The first-order valence-electron chi connectivity index (χ1n) is 7.03. The third-order valence-electron chi connectivity index (χ3n) is 2.89. The molecule has 2 aromatic rings. The highest BCUT2D eigenvalue weighted by Crippen LogP contribution is 2.19. The van der Waals surface area contributed by atoms with Gasteiger partial charge in [-0.25, -0.2) is 4.79 Å². The number of alkyl carbamates (subject to hydrolysis) is 1. The SMILES string of the molecule is O=C(NCCC#Cc1ccc(Cl)cc1Cl)OCc1ccccc1. The monoisotopic (exact) mass is 347 g/mol. The molecule has 0 atom stereocenters. The average Bonchev–Trinajstić information content (AvgIpc) is 2.55. The molecule has 0 saturated heterocycles. The number of amides is 1. The van der Waals surface area contributed by atoms with Gasteiger partial charge in [0.25, 0.3) is 0 Å². The highest BCUT2D eigenvalue weighted by molar-refractivity contribution is 6.35. The van der Waals surface area contributed by atoms with Gasteiger partial charge < -0.3 is 10.1 Å². The third-order valence-corrected chi connectivity index (χ3v) is 3.43. The molecule has 0 aliphatic rings. The van der Waals surface area contributed by atoms with E-state index in [1.807, 2.05) is 30.3 Å². The Morgan fingerprint density at radius 2 is 1.91 bits per heavy atom. The van der Waals surface area contributed by atoms with E-state index >= 15 is 0 Å². The van der Waals surface area contributed by atoms with Gasteiger partial charge in [0.1, 0.15) is 6.61 Å². The molecular formula is C18H15Cl2NO2. The number of carbonyl (C=O) groups is 1. The van der Waals surface area contributed by atoms with Crippen LogP contribution in [0.4, 0.5) is 4.79 Å². The molecule has 118 valence electrons. The first-order valence-corrected chi connectivity index (χ1v) is 7.79. The predicted molar refractivity (Wildman–Crippen MR) is 92.6 cm³/mol. The van der Waals surface area contributed by atoms with Crippen LogP contribution in [0, 0.1) is 11.8 Å². The van der Waals surface area contributed by atoms with Crippen LogP contribution >= 0.6 is 23.2 Å². The lowest BCUT2D eigenvalue weighted by Gasteiger charge is -2.05. The molecule has 23 heavy (non-hydrogen) atoms. The fourth-order valence-electron chi connectivity index (χ4n) is 1.75. The summed E-state index contributed by atoms with van der Waals surface area (Å²) in [5.74, 6) is 5.88. The van der Waals surface area contributed by atoms with Crippen LogP contribution in [-0.4, -0.2) is 12.6 Å². The number of halogens is 2. The minimum absolute atomic E-state index is 0.249. The lowest BCUT2D eigenvalue weighted by Crippen LogP contribution is -2.24. The van der Waals surface area contributed by atoms with Crippen molar-refractivity contribution in [2.45, 2.75) is 13.0 Å². The van der Waals surface area contributed by atoms with Crippen molar-refractivity contribution in [3.8, 4) is 11.8 Å². The summed E-state index contributed by atoms with van der Waals surface area (Å²) < 4.78 is 5.09. The topological polar surface area (TPSA) is 38.3 Å². The van der Waals surface area contributed by atoms with E-state index in [4.69, 9.17) is 27.9 Å². The van der Waals surface area contributed by atoms with Crippen LogP contribution in [0.1, 0.15) is 17.5 Å². The van der Waals surface area contributed by atoms with Gasteiger partial charge in [-0.15, -0.1) is 0 Å². The Labute approximate surface area is 145 Å². The van der Waals surface area contributed by atoms with E-state index in [1.165, 1.54) is 0 Å². The molecule has 2 aromatic carbocycles. The summed E-state index contributed by atoms with van der Waals surface area (Å²) in [6, 6.07) is 14.6. The first kappa shape index (κ1) is 17.2. The van der Waals surface area contributed by atoms with Gasteiger partial charge in [0.2, 0.25) is 0 Å². The second kappa shape index (κ2) is 9.09. The Morgan fingerprint density at radius 3 is 2.65 bits per heavy atom. The van der Waals surface area contributed by atoms with Crippen molar-refractivity contribution in [2.24, 2.45) is 0 Å². The van der Waals surface area contributed by atoms with Crippen molar-refractivity contribution < 1.29 is 9.53 Å². The number of hydrogen-bond acceptors (Lipinski definition) is 2. The highest BCUT2D eigenvalue weighted by Gasteiger charge is 2.01. The largest absolute Gasteiger partial charge is 0.445 e. The third kappa shape index (κ3) is 6.23. The molecule has 1 N–H and O–H groups in total. The van der Waals surface area contributed by atoms with Gasteiger partial charge >= 0.3 is 6.09 Å². The summed E-state index contributed by atoms with van der Waals surface area (Å²) in [7, 11) is 0. The van der Waals surface area contributed by atoms with Gasteiger partial charge in [-0.1, -0.05) is 65.4 Å². The lowest BCUT2D eigenvalue weighted by atomic mass is 10.2. The van der Waals surface area contributed by atoms with Gasteiger partial charge in [-0.05, 0) is 23.8 Å². The molecule has 5 heteroatoms. The van der Waals surface area contributed by atoms with Gasteiger partial charge in [0.15, 0.2) is 0 Å². The fraction of sp³-hybridized carbons (Fsp3) is 0.167. The standard InChI is InChI=1S/C18H15Cl2NO2/c19-16-10-9-15(17(20)12-16)8-4-5-11-21-18(22)23-13-14-6-2-1-3-7-14/h1-3,6-7,9-10,12H,5,11,13H2,(H,21,22). The Balaban J connectivity index is 1.69. The molecular weight excluding hydrogens is 333 g/mol. The Hall–Kier alpha value is -2.15. The number of carbonyl (C=O) groups excluding carboxylic acids is 1. The number of benzene rings is 2. The molecule has 0 bridgehead atoms. The van der Waals surface area contributed by atoms with Crippen LogP contribution in [0.5, 0.6) is 0 Å². The van der Waals surface area contributed by atoms with Crippen molar-refractivity contribution in [3.05, 3.63) is 69.7 Å². The van der Waals surface area contributed by atoms with E-state index in [0.29, 0.717) is 28.6 Å². The van der Waals surface area contributed by atoms with E-state index in [1.54, 1.807) is 18.2 Å². The minimum Gasteiger partial charge on any atom is -0.445 e. The maximum absolute atomic E-state index is 11.5. The van der Waals surface area contributed by atoms with E-state index in [-0.39, 0.29) is 6.61 Å². The molecule has 0 aliphatic carbocycles. The summed E-state index contributed by atoms with van der Waals surface area (Å²) in [6.07, 6.45) is 0.0412. The molecule has 1 amide bonds. The quantitative estimate of drug-likeness (QED) is 0.645. The highest BCUT2D eigenvalue weighted by atomic mass is 35.5. The summed E-state index contributed by atoms with van der Waals surface area (Å²) in [4.78, 5) is 11.5. The lowest BCUT2D eigenvalue weighted by molar-refractivity contribution is 0.140. The Morgan fingerprint density at radius 1 is 1.13 bits per heavy atom. The van der Waals surface area contributed by atoms with Gasteiger partial charge in [0, 0.05) is 23.6 Å². The maximum Gasteiger partial charge on any atom is 0.407 e. The normalized spacial score (nSPS) is 9.65. The number of nitrogens with one attached hydrogen (secondary N) is 1. The van der Waals surface area contributed by atoms with Crippen LogP contribution in [0.25, 0.3) is 0 Å². The van der Waals surface area contributed by atoms with Gasteiger partial charge in [-0.2, -0.15) is 0 Å². The molecule has 0 saturated carbocycles. The molecule has 0 radical (unpaired) electrons. The first-order chi connectivity index (χ1) is 11.1. The van der Waals surface area contributed by atoms with E-state index in [9.17, 15) is 4.79 Å². The van der Waals surface area contributed by atoms with Gasteiger partial charge in [-0.3, -0.25) is 0 Å². The molecule has 2 rings (SSSR count). The minimum atomic E-state index is -0.458. The predicted octanol–water partition coefficient (Wildman–Crippen LogP) is 4.66. The zero-order valence-corrected chi connectivity index (χ0v) is 13.8. The van der Waals surface area contributed by atoms with Crippen LogP contribution in [0.3, 0.4) is 0 Å². The van der Waals surface area contributed by atoms with Crippen LogP contribution in [0.2, 0.25) is 10.0 Å². The number of hydrogen-bond donors (Lipinski definition) is 1. The van der Waals surface area contributed by atoms with Crippen molar-refractivity contribution in [1.82, 2.24) is 5.32 Å². The fourth-order valence-corrected chi connectivity index (χ4v) is 2.21. The summed E-state index contributed by atoms with van der Waals surface area (Å²) >= 11 is 11.8. The van der Waals surface area contributed by atoms with Crippen molar-refractivity contribution in [1.29, 1.82) is 0 Å². The van der Waals surface area contributed by atoms with Crippen LogP contribution < -0.4 is 5.32 Å². The summed E-state index contributed by atoms with van der Waals surface area (Å²) in [6.45, 7) is 0.657. The maximum atomic E-state index is 11.5. The van der Waals surface area contributed by atoms with E-state index in [0.717, 1.165) is 5.56 Å². The van der Waals surface area contributed by atoms with E-state index in [2.05, 4.69) is 17.2 Å². The van der Waals surface area contributed by atoms with Crippen LogP contribution in [-0.2, 0) is 11.3 Å². The average molecular weight is 348 g/mol. The van der Waals surface area contributed by atoms with Gasteiger partial charge in [0.05, 0.1) is 5.02 Å². The Kier molecular flexibility index (Phi) is 6.80. The molecule has 3 nitrogen and oxygen atoms in total. The van der Waals surface area contributed by atoms with E-state index < -0.39 is 6.09 Å². The molecule has 0 fully saturated rings. The molecule has 0 heterocycles. The smallest absolute Gasteiger partial charge is 0.407 e. The van der Waals surface area contributed by atoms with Crippen molar-refractivity contribution in [2.75, 3.05) is 6.54 Å². The van der Waals surface area contributed by atoms with Crippen molar-refractivity contribution in [3.63, 3.8) is 0 Å². The molecule has 0 aromatic heterocycles.